The number of rotatable bonds is 1. The molecule has 1 heteroatoms. The van der Waals surface area contributed by atoms with E-state index in [4.69, 9.17) is 0 Å². The molecular weight excluding hydrogens is 98.1 g/mol. The molecule has 0 unspecified atom stereocenters. The Morgan fingerprint density at radius 2 is 2.38 bits per heavy atom. The molecule has 0 heterocycles. The second kappa shape index (κ2) is 2.55. The molecule has 0 atom stereocenters. The molecule has 0 radical (unpaired) electrons. The minimum absolute atomic E-state index is 1.19. The largest absolute Gasteiger partial charge is 0.388 e. The molecule has 0 fully saturated rings. The van der Waals surface area contributed by atoms with Crippen molar-refractivity contribution in [1.29, 1.82) is 0 Å². The van der Waals surface area contributed by atoms with Crippen LogP contribution in [0.2, 0.25) is 0 Å². The van der Waals surface area contributed by atoms with Gasteiger partial charge in [0.05, 0.1) is 0 Å². The molecule has 1 N–H and O–H groups in total. The van der Waals surface area contributed by atoms with Crippen LogP contribution in [0.15, 0.2) is 23.9 Å². The Morgan fingerprint density at radius 3 is 2.75 bits per heavy atom. The van der Waals surface area contributed by atoms with Gasteiger partial charge in [-0.15, -0.1) is 0 Å². The van der Waals surface area contributed by atoms with Crippen LogP contribution in [0.4, 0.5) is 0 Å². The van der Waals surface area contributed by atoms with Crippen molar-refractivity contribution in [1.82, 2.24) is 5.32 Å². The molecule has 1 aliphatic rings. The van der Waals surface area contributed by atoms with E-state index in [9.17, 15) is 0 Å². The lowest BCUT2D eigenvalue weighted by Crippen LogP contribution is -2.04. The summed E-state index contributed by atoms with van der Waals surface area (Å²) in [6, 6.07) is 0. The number of hydrogen-bond acceptors (Lipinski definition) is 1. The van der Waals surface area contributed by atoms with Crippen molar-refractivity contribution in [3.8, 4) is 0 Å². The van der Waals surface area contributed by atoms with Crippen LogP contribution in [0, 0.1) is 0 Å². The Hall–Kier alpha value is -0.720. The van der Waals surface area contributed by atoms with E-state index in [2.05, 4.69) is 23.5 Å². The monoisotopic (exact) mass is 109 g/mol. The van der Waals surface area contributed by atoms with Gasteiger partial charge in [0.2, 0.25) is 0 Å². The molecule has 0 bridgehead atoms. The molecule has 0 amide bonds. The highest BCUT2D eigenvalue weighted by atomic mass is 14.8. The quantitative estimate of drug-likeness (QED) is 0.537. The average molecular weight is 109 g/mol. The van der Waals surface area contributed by atoms with Gasteiger partial charge in [0.15, 0.2) is 0 Å². The zero-order valence-corrected chi connectivity index (χ0v) is 5.15. The summed E-state index contributed by atoms with van der Waals surface area (Å²) >= 11 is 0. The van der Waals surface area contributed by atoms with Crippen LogP contribution in [0.25, 0.3) is 0 Å². The van der Waals surface area contributed by atoms with E-state index < -0.39 is 0 Å². The predicted molar refractivity (Wildman–Crippen MR) is 35.5 cm³/mol. The first-order valence-electron chi connectivity index (χ1n) is 2.98. The fraction of sp³-hybridized carbons (Fsp3) is 0.429. The van der Waals surface area contributed by atoms with E-state index >= 15 is 0 Å². The highest BCUT2D eigenvalue weighted by Crippen LogP contribution is 2.04. The van der Waals surface area contributed by atoms with Crippen molar-refractivity contribution in [2.75, 3.05) is 7.05 Å². The Kier molecular flexibility index (Phi) is 1.73. The summed E-state index contributed by atoms with van der Waals surface area (Å²) in [6.07, 6.45) is 8.90. The maximum atomic E-state index is 3.08. The molecule has 44 valence electrons. The Morgan fingerprint density at radius 1 is 1.50 bits per heavy atom. The van der Waals surface area contributed by atoms with Gasteiger partial charge in [-0.1, -0.05) is 12.2 Å². The standard InChI is InChI=1S/C7H11N/c1-8-7-5-3-2-4-6-7/h3,5-6,8H,2,4H2,1H3. The van der Waals surface area contributed by atoms with Gasteiger partial charge in [-0.3, -0.25) is 0 Å². The number of likely N-dealkylation sites (N-methyl/N-ethyl adjacent to an activating group) is 1. The minimum atomic E-state index is 1.19. The van der Waals surface area contributed by atoms with Crippen molar-refractivity contribution in [3.05, 3.63) is 23.9 Å². The molecule has 0 spiro atoms. The topological polar surface area (TPSA) is 12.0 Å². The normalized spacial score (nSPS) is 17.9. The summed E-state index contributed by atoms with van der Waals surface area (Å²) < 4.78 is 0. The fourth-order valence-electron chi connectivity index (χ4n) is 0.799. The van der Waals surface area contributed by atoms with Crippen LogP contribution in [-0.4, -0.2) is 7.05 Å². The molecule has 1 nitrogen and oxygen atoms in total. The predicted octanol–water partition coefficient (Wildman–Crippen LogP) is 1.44. The number of hydrogen-bond donors (Lipinski definition) is 1. The van der Waals surface area contributed by atoms with Crippen LogP contribution in [0.5, 0.6) is 0 Å². The molecule has 0 aromatic carbocycles. The van der Waals surface area contributed by atoms with Crippen molar-refractivity contribution in [2.24, 2.45) is 0 Å². The van der Waals surface area contributed by atoms with Gasteiger partial charge in [0.1, 0.15) is 0 Å². The Labute approximate surface area is 50.1 Å². The van der Waals surface area contributed by atoms with Gasteiger partial charge >= 0.3 is 0 Å². The first-order chi connectivity index (χ1) is 3.93. The lowest BCUT2D eigenvalue weighted by atomic mass is 10.1. The molecule has 0 aliphatic heterocycles. The summed E-state index contributed by atoms with van der Waals surface area (Å²) in [7, 11) is 1.95. The molecular formula is C7H11N. The fourth-order valence-corrected chi connectivity index (χ4v) is 0.799. The van der Waals surface area contributed by atoms with E-state index in [1.165, 1.54) is 18.5 Å². The van der Waals surface area contributed by atoms with E-state index in [0.29, 0.717) is 0 Å². The van der Waals surface area contributed by atoms with Gasteiger partial charge in [-0.25, -0.2) is 0 Å². The molecule has 8 heavy (non-hydrogen) atoms. The summed E-state index contributed by atoms with van der Waals surface area (Å²) in [5.41, 5.74) is 1.25. The summed E-state index contributed by atoms with van der Waals surface area (Å²) in [5, 5.41) is 3.08. The molecule has 0 saturated heterocycles. The number of allylic oxidation sites excluding steroid dienone is 3. The smallest absolute Gasteiger partial charge is 0.0293 e. The lowest BCUT2D eigenvalue weighted by molar-refractivity contribution is 0.942. The summed E-state index contributed by atoms with van der Waals surface area (Å²) in [5.74, 6) is 0. The van der Waals surface area contributed by atoms with E-state index in [1.54, 1.807) is 0 Å². The van der Waals surface area contributed by atoms with Crippen molar-refractivity contribution < 1.29 is 0 Å². The third-order valence-corrected chi connectivity index (χ3v) is 1.28. The first kappa shape index (κ1) is 5.42. The van der Waals surface area contributed by atoms with E-state index in [0.717, 1.165) is 0 Å². The van der Waals surface area contributed by atoms with E-state index in [-0.39, 0.29) is 0 Å². The van der Waals surface area contributed by atoms with Gasteiger partial charge < -0.3 is 5.32 Å². The van der Waals surface area contributed by atoms with Crippen molar-refractivity contribution in [3.63, 3.8) is 0 Å². The first-order valence-corrected chi connectivity index (χ1v) is 2.98. The summed E-state index contributed by atoms with van der Waals surface area (Å²) in [4.78, 5) is 0. The van der Waals surface area contributed by atoms with Gasteiger partial charge in [-0.05, 0) is 18.9 Å². The zero-order chi connectivity index (χ0) is 5.82. The zero-order valence-electron chi connectivity index (χ0n) is 5.15. The third-order valence-electron chi connectivity index (χ3n) is 1.28. The highest BCUT2D eigenvalue weighted by Gasteiger charge is 1.90. The van der Waals surface area contributed by atoms with Gasteiger partial charge in [0, 0.05) is 12.7 Å². The second-order valence-electron chi connectivity index (χ2n) is 1.89. The van der Waals surface area contributed by atoms with Gasteiger partial charge in [-0.2, -0.15) is 0 Å². The molecule has 1 aliphatic carbocycles. The van der Waals surface area contributed by atoms with Crippen LogP contribution in [-0.2, 0) is 0 Å². The molecule has 0 saturated carbocycles. The number of nitrogens with one attached hydrogen (secondary N) is 1. The van der Waals surface area contributed by atoms with Crippen LogP contribution >= 0.6 is 0 Å². The minimum Gasteiger partial charge on any atom is -0.388 e. The van der Waals surface area contributed by atoms with Crippen molar-refractivity contribution in [2.45, 2.75) is 12.8 Å². The molecule has 0 aromatic rings. The molecule has 1 rings (SSSR count). The van der Waals surface area contributed by atoms with Crippen LogP contribution < -0.4 is 5.32 Å². The highest BCUT2D eigenvalue weighted by molar-refractivity contribution is 5.19. The van der Waals surface area contributed by atoms with Crippen LogP contribution in [0.1, 0.15) is 12.8 Å². The lowest BCUT2D eigenvalue weighted by Gasteiger charge is -2.03. The maximum absolute atomic E-state index is 3.08. The van der Waals surface area contributed by atoms with Crippen molar-refractivity contribution >= 4 is 0 Å². The molecule has 0 aromatic heterocycles. The third kappa shape index (κ3) is 1.12. The summed E-state index contributed by atoms with van der Waals surface area (Å²) in [6.45, 7) is 0. The maximum Gasteiger partial charge on any atom is 0.0293 e. The van der Waals surface area contributed by atoms with Crippen LogP contribution in [0.3, 0.4) is 0 Å². The Balaban J connectivity index is 2.51. The van der Waals surface area contributed by atoms with E-state index in [1.807, 2.05) is 7.05 Å². The average Bonchev–Trinajstić information content (AvgIpc) is 1.90. The second-order valence-corrected chi connectivity index (χ2v) is 1.89. The Bertz CT molecular complexity index is 122. The van der Waals surface area contributed by atoms with Gasteiger partial charge in [0.25, 0.3) is 0 Å². The SMILES string of the molecule is CNC1=CCCC=C1.